The molecule has 0 bridgehead atoms. The van der Waals surface area contributed by atoms with Gasteiger partial charge in [-0.15, -0.1) is 22.0 Å². The van der Waals surface area contributed by atoms with Crippen LogP contribution < -0.4 is 10.1 Å². The SMILES string of the molecule is CSc1cccc(NC(=O)c2cc(C(F)(F)F)nnc2Oc2ccc(-c3cnoc3)cc2C)c1. The van der Waals surface area contributed by atoms with E-state index >= 15 is 0 Å². The molecule has 0 saturated heterocycles. The Morgan fingerprint density at radius 2 is 1.91 bits per heavy atom. The lowest BCUT2D eigenvalue weighted by molar-refractivity contribution is -0.141. The van der Waals surface area contributed by atoms with Crippen LogP contribution in [0.4, 0.5) is 18.9 Å². The summed E-state index contributed by atoms with van der Waals surface area (Å²) in [6, 6.07) is 12.6. The van der Waals surface area contributed by atoms with E-state index in [1.165, 1.54) is 18.0 Å². The second-order valence-electron chi connectivity index (χ2n) is 7.13. The van der Waals surface area contributed by atoms with Gasteiger partial charge in [-0.1, -0.05) is 17.3 Å². The first-order valence-corrected chi connectivity index (χ1v) is 11.1. The number of rotatable bonds is 6. The van der Waals surface area contributed by atoms with Gasteiger partial charge in [0.05, 0.1) is 6.20 Å². The van der Waals surface area contributed by atoms with E-state index in [2.05, 4.69) is 20.7 Å². The average Bonchev–Trinajstić information content (AvgIpc) is 3.35. The van der Waals surface area contributed by atoms with Gasteiger partial charge >= 0.3 is 6.18 Å². The number of hydrogen-bond donors (Lipinski definition) is 1. The number of carbonyl (C=O) groups is 1. The lowest BCUT2D eigenvalue weighted by Gasteiger charge is -2.14. The van der Waals surface area contributed by atoms with Gasteiger partial charge in [0.2, 0.25) is 0 Å². The molecule has 2 heterocycles. The zero-order valence-electron chi connectivity index (χ0n) is 17.9. The standard InChI is InChI=1S/C23H17F3N4O3S/c1-13-8-14(15-11-27-32-12-15)6-7-19(13)33-22-18(10-20(29-30-22)23(24,25)26)21(31)28-16-4-3-5-17(9-16)34-2/h3-12H,1-2H3,(H,28,31). The van der Waals surface area contributed by atoms with E-state index < -0.39 is 23.3 Å². The van der Waals surface area contributed by atoms with Gasteiger partial charge in [-0.05, 0) is 60.7 Å². The summed E-state index contributed by atoms with van der Waals surface area (Å²) in [6.07, 6.45) is 0.109. The molecular weight excluding hydrogens is 469 g/mol. The highest BCUT2D eigenvalue weighted by molar-refractivity contribution is 7.98. The van der Waals surface area contributed by atoms with Gasteiger partial charge in [-0.2, -0.15) is 13.2 Å². The Labute approximate surface area is 196 Å². The Morgan fingerprint density at radius 3 is 2.59 bits per heavy atom. The number of aromatic nitrogens is 3. The number of anilines is 1. The molecule has 4 rings (SSSR count). The molecule has 174 valence electrons. The van der Waals surface area contributed by atoms with Gasteiger partial charge in [-0.25, -0.2) is 0 Å². The van der Waals surface area contributed by atoms with Crippen molar-refractivity contribution in [2.75, 3.05) is 11.6 Å². The van der Waals surface area contributed by atoms with E-state index in [-0.39, 0.29) is 5.88 Å². The third-order valence-corrected chi connectivity index (χ3v) is 5.50. The van der Waals surface area contributed by atoms with Gasteiger partial charge in [-0.3, -0.25) is 4.79 Å². The molecule has 0 aliphatic heterocycles. The van der Waals surface area contributed by atoms with Crippen LogP contribution in [0.15, 0.2) is 70.4 Å². The summed E-state index contributed by atoms with van der Waals surface area (Å²) in [5, 5.41) is 13.0. The Hall–Kier alpha value is -3.86. The summed E-state index contributed by atoms with van der Waals surface area (Å²) in [6.45, 7) is 1.75. The first kappa shape index (κ1) is 23.3. The number of thioether (sulfide) groups is 1. The fourth-order valence-corrected chi connectivity index (χ4v) is 3.51. The normalized spacial score (nSPS) is 11.3. The molecule has 2 aromatic heterocycles. The molecule has 0 saturated carbocycles. The molecular formula is C23H17F3N4O3S. The number of nitrogens with one attached hydrogen (secondary N) is 1. The molecule has 4 aromatic rings. The second kappa shape index (κ2) is 9.56. The molecule has 1 amide bonds. The summed E-state index contributed by atoms with van der Waals surface area (Å²) >= 11 is 1.46. The minimum atomic E-state index is -4.78. The molecule has 2 aromatic carbocycles. The number of alkyl halides is 3. The molecule has 11 heteroatoms. The molecule has 0 aliphatic carbocycles. The highest BCUT2D eigenvalue weighted by atomic mass is 32.2. The fraction of sp³-hybridized carbons (Fsp3) is 0.130. The second-order valence-corrected chi connectivity index (χ2v) is 8.01. The number of ether oxygens (including phenoxy) is 1. The zero-order chi connectivity index (χ0) is 24.3. The van der Waals surface area contributed by atoms with E-state index in [9.17, 15) is 18.0 Å². The van der Waals surface area contributed by atoms with Crippen LogP contribution in [0.25, 0.3) is 11.1 Å². The van der Waals surface area contributed by atoms with Crippen LogP contribution in [0.2, 0.25) is 0 Å². The topological polar surface area (TPSA) is 90.1 Å². The quantitative estimate of drug-likeness (QED) is 0.323. The van der Waals surface area contributed by atoms with Crippen molar-refractivity contribution in [1.29, 1.82) is 0 Å². The van der Waals surface area contributed by atoms with Gasteiger partial charge < -0.3 is 14.6 Å². The Balaban J connectivity index is 1.67. The third kappa shape index (κ3) is 5.20. The van der Waals surface area contributed by atoms with Gasteiger partial charge in [0.1, 0.15) is 17.6 Å². The number of hydrogen-bond acceptors (Lipinski definition) is 7. The number of benzene rings is 2. The van der Waals surface area contributed by atoms with Gasteiger partial charge in [0.25, 0.3) is 11.8 Å². The van der Waals surface area contributed by atoms with E-state index in [0.717, 1.165) is 16.0 Å². The van der Waals surface area contributed by atoms with Crippen LogP contribution in [0.3, 0.4) is 0 Å². The number of aryl methyl sites for hydroxylation is 1. The largest absolute Gasteiger partial charge is 0.437 e. The molecule has 0 atom stereocenters. The van der Waals surface area contributed by atoms with Crippen LogP contribution in [-0.2, 0) is 6.18 Å². The Morgan fingerprint density at radius 1 is 1.09 bits per heavy atom. The maximum absolute atomic E-state index is 13.3. The summed E-state index contributed by atoms with van der Waals surface area (Å²) < 4.78 is 50.4. The summed E-state index contributed by atoms with van der Waals surface area (Å²) in [5.41, 5.74) is 0.913. The van der Waals surface area contributed by atoms with E-state index in [1.807, 2.05) is 12.3 Å². The minimum absolute atomic E-state index is 0.299. The predicted octanol–water partition coefficient (Wildman–Crippen LogP) is 6.23. The predicted molar refractivity (Wildman–Crippen MR) is 120 cm³/mol. The van der Waals surface area contributed by atoms with E-state index in [1.54, 1.807) is 49.5 Å². The lowest BCUT2D eigenvalue weighted by atomic mass is 10.1. The van der Waals surface area contributed by atoms with Crippen molar-refractivity contribution in [3.05, 3.63) is 77.8 Å². The lowest BCUT2D eigenvalue weighted by Crippen LogP contribution is -2.18. The molecule has 0 fully saturated rings. The van der Waals surface area contributed by atoms with Crippen molar-refractivity contribution >= 4 is 23.4 Å². The van der Waals surface area contributed by atoms with Crippen molar-refractivity contribution in [3.63, 3.8) is 0 Å². The molecule has 34 heavy (non-hydrogen) atoms. The number of carbonyl (C=O) groups excluding carboxylic acids is 1. The summed E-state index contributed by atoms with van der Waals surface area (Å²) in [5.74, 6) is -0.868. The summed E-state index contributed by atoms with van der Waals surface area (Å²) in [4.78, 5) is 13.8. The fourth-order valence-electron chi connectivity index (χ4n) is 3.05. The van der Waals surface area contributed by atoms with E-state index in [0.29, 0.717) is 23.1 Å². The summed E-state index contributed by atoms with van der Waals surface area (Å²) in [7, 11) is 0. The van der Waals surface area contributed by atoms with Crippen molar-refractivity contribution < 1.29 is 27.2 Å². The molecule has 0 aliphatic rings. The van der Waals surface area contributed by atoms with Crippen LogP contribution >= 0.6 is 11.8 Å². The van der Waals surface area contributed by atoms with E-state index in [4.69, 9.17) is 9.26 Å². The monoisotopic (exact) mass is 486 g/mol. The van der Waals surface area contributed by atoms with Crippen molar-refractivity contribution in [2.24, 2.45) is 0 Å². The van der Waals surface area contributed by atoms with Crippen LogP contribution in [0, 0.1) is 6.92 Å². The highest BCUT2D eigenvalue weighted by Crippen LogP contribution is 2.33. The number of amides is 1. The number of halogens is 3. The Bertz CT molecular complexity index is 1330. The Kier molecular flexibility index (Phi) is 6.55. The van der Waals surface area contributed by atoms with Crippen LogP contribution in [-0.4, -0.2) is 27.5 Å². The highest BCUT2D eigenvalue weighted by Gasteiger charge is 2.35. The molecule has 1 N–H and O–H groups in total. The van der Waals surface area contributed by atoms with Crippen LogP contribution in [0.5, 0.6) is 11.6 Å². The van der Waals surface area contributed by atoms with Crippen molar-refractivity contribution in [2.45, 2.75) is 18.0 Å². The molecule has 0 spiro atoms. The third-order valence-electron chi connectivity index (χ3n) is 4.77. The maximum Gasteiger partial charge on any atom is 0.435 e. The average molecular weight is 486 g/mol. The van der Waals surface area contributed by atoms with Crippen molar-refractivity contribution in [1.82, 2.24) is 15.4 Å². The zero-order valence-corrected chi connectivity index (χ0v) is 18.7. The maximum atomic E-state index is 13.3. The molecule has 7 nitrogen and oxygen atoms in total. The van der Waals surface area contributed by atoms with Crippen LogP contribution in [0.1, 0.15) is 21.6 Å². The first-order chi connectivity index (χ1) is 16.2. The minimum Gasteiger partial charge on any atom is -0.437 e. The molecule has 0 unspecified atom stereocenters. The smallest absolute Gasteiger partial charge is 0.435 e. The van der Waals surface area contributed by atoms with Gasteiger partial charge in [0, 0.05) is 16.1 Å². The van der Waals surface area contributed by atoms with Gasteiger partial charge in [0.15, 0.2) is 5.69 Å². The van der Waals surface area contributed by atoms with Crippen molar-refractivity contribution in [3.8, 4) is 22.8 Å². The first-order valence-electron chi connectivity index (χ1n) is 9.83. The number of nitrogens with zero attached hydrogens (tertiary/aromatic N) is 3. The molecule has 0 radical (unpaired) electrons.